The third-order valence-electron chi connectivity index (χ3n) is 4.30. The minimum Gasteiger partial charge on any atom is -0.493 e. The second-order valence-corrected chi connectivity index (χ2v) is 6.13. The Kier molecular flexibility index (Phi) is 6.01. The molecule has 29 heavy (non-hydrogen) atoms. The number of esters is 1. The monoisotopic (exact) mass is 397 g/mol. The summed E-state index contributed by atoms with van der Waals surface area (Å²) in [6.45, 7) is 3.89. The number of nitrogens with one attached hydrogen (secondary N) is 1. The molecule has 0 saturated carbocycles. The van der Waals surface area contributed by atoms with Gasteiger partial charge in [-0.25, -0.2) is 14.8 Å². The maximum atomic E-state index is 12.5. The van der Waals surface area contributed by atoms with Crippen molar-refractivity contribution in [2.75, 3.05) is 33.3 Å². The standard InChI is InChI=1S/C21H23N3O5/c1-6-29-21(25)15-11-22-20-14(8-7-12(2)23-20)18(15)24-13-9-16(26-3)19(28-5)17(10-13)27-4/h7-11H,6H2,1-5H3,(H,22,23,24). The van der Waals surface area contributed by atoms with E-state index < -0.39 is 5.97 Å². The lowest BCUT2D eigenvalue weighted by Gasteiger charge is -2.17. The number of methoxy groups -OCH3 is 3. The van der Waals surface area contributed by atoms with Crippen molar-refractivity contribution in [3.8, 4) is 17.2 Å². The lowest BCUT2D eigenvalue weighted by molar-refractivity contribution is 0.0527. The number of aryl methyl sites for hydroxylation is 1. The molecule has 2 aromatic heterocycles. The van der Waals surface area contributed by atoms with Crippen LogP contribution in [0.1, 0.15) is 23.0 Å². The number of hydrogen-bond acceptors (Lipinski definition) is 8. The Bertz CT molecular complexity index is 1030. The minimum absolute atomic E-state index is 0.257. The Balaban J connectivity index is 2.18. The highest BCUT2D eigenvalue weighted by Crippen LogP contribution is 2.41. The number of anilines is 2. The van der Waals surface area contributed by atoms with Gasteiger partial charge in [0.2, 0.25) is 5.75 Å². The largest absolute Gasteiger partial charge is 0.493 e. The molecule has 3 rings (SSSR count). The number of carbonyl (C=O) groups is 1. The maximum Gasteiger partial charge on any atom is 0.341 e. The van der Waals surface area contributed by atoms with Crippen LogP contribution in [-0.4, -0.2) is 43.9 Å². The molecule has 0 fully saturated rings. The van der Waals surface area contributed by atoms with E-state index in [2.05, 4.69) is 15.3 Å². The molecule has 0 spiro atoms. The molecule has 0 aliphatic rings. The van der Waals surface area contributed by atoms with Crippen molar-refractivity contribution in [2.45, 2.75) is 13.8 Å². The predicted octanol–water partition coefficient (Wildman–Crippen LogP) is 3.88. The average molecular weight is 397 g/mol. The molecule has 3 aromatic rings. The lowest BCUT2D eigenvalue weighted by Crippen LogP contribution is -2.10. The summed E-state index contributed by atoms with van der Waals surface area (Å²) >= 11 is 0. The second-order valence-electron chi connectivity index (χ2n) is 6.13. The van der Waals surface area contributed by atoms with Gasteiger partial charge in [-0.15, -0.1) is 0 Å². The summed E-state index contributed by atoms with van der Waals surface area (Å²) in [6.07, 6.45) is 1.47. The molecular formula is C21H23N3O5. The number of fused-ring (bicyclic) bond motifs is 1. The smallest absolute Gasteiger partial charge is 0.341 e. The van der Waals surface area contributed by atoms with Crippen molar-refractivity contribution in [3.63, 3.8) is 0 Å². The highest BCUT2D eigenvalue weighted by atomic mass is 16.5. The summed E-state index contributed by atoms with van der Waals surface area (Å²) in [5.74, 6) is 0.971. The summed E-state index contributed by atoms with van der Waals surface area (Å²) in [7, 11) is 4.62. The molecule has 1 N–H and O–H groups in total. The molecule has 0 unspecified atom stereocenters. The Hall–Kier alpha value is -3.55. The average Bonchev–Trinajstić information content (AvgIpc) is 2.72. The molecule has 8 heteroatoms. The number of pyridine rings is 2. The Morgan fingerprint density at radius 3 is 2.34 bits per heavy atom. The van der Waals surface area contributed by atoms with Crippen LogP contribution in [0.2, 0.25) is 0 Å². The number of hydrogen-bond donors (Lipinski definition) is 1. The van der Waals surface area contributed by atoms with E-state index in [1.54, 1.807) is 33.3 Å². The first-order valence-corrected chi connectivity index (χ1v) is 9.02. The van der Waals surface area contributed by atoms with Crippen molar-refractivity contribution < 1.29 is 23.7 Å². The predicted molar refractivity (Wildman–Crippen MR) is 110 cm³/mol. The van der Waals surface area contributed by atoms with Crippen LogP contribution in [0.5, 0.6) is 17.2 Å². The zero-order valence-corrected chi connectivity index (χ0v) is 17.0. The van der Waals surface area contributed by atoms with E-state index in [4.69, 9.17) is 18.9 Å². The van der Waals surface area contributed by atoms with Gasteiger partial charge in [0.15, 0.2) is 17.1 Å². The zero-order chi connectivity index (χ0) is 21.0. The van der Waals surface area contributed by atoms with Crippen LogP contribution in [0.3, 0.4) is 0 Å². The minimum atomic E-state index is -0.475. The molecule has 0 amide bonds. The molecule has 0 aliphatic carbocycles. The van der Waals surface area contributed by atoms with Gasteiger partial charge in [0.05, 0.1) is 33.6 Å². The highest BCUT2D eigenvalue weighted by molar-refractivity contribution is 6.05. The summed E-state index contributed by atoms with van der Waals surface area (Å²) in [6, 6.07) is 7.24. The Labute approximate surface area is 168 Å². The van der Waals surface area contributed by atoms with E-state index in [9.17, 15) is 4.79 Å². The number of ether oxygens (including phenoxy) is 4. The summed E-state index contributed by atoms with van der Waals surface area (Å²) in [5, 5.41) is 3.97. The molecule has 0 bridgehead atoms. The second kappa shape index (κ2) is 8.64. The van der Waals surface area contributed by atoms with Gasteiger partial charge >= 0.3 is 5.97 Å². The van der Waals surface area contributed by atoms with Gasteiger partial charge in [-0.2, -0.15) is 0 Å². The van der Waals surface area contributed by atoms with Crippen molar-refractivity contribution >= 4 is 28.4 Å². The van der Waals surface area contributed by atoms with Crippen LogP contribution in [-0.2, 0) is 4.74 Å². The van der Waals surface area contributed by atoms with Gasteiger partial charge in [-0.3, -0.25) is 0 Å². The normalized spacial score (nSPS) is 10.5. The molecule has 1 aromatic carbocycles. The van der Waals surface area contributed by atoms with E-state index >= 15 is 0 Å². The summed E-state index contributed by atoms with van der Waals surface area (Å²) in [4.78, 5) is 21.3. The van der Waals surface area contributed by atoms with Crippen LogP contribution in [0.4, 0.5) is 11.4 Å². The first kappa shape index (κ1) is 20.2. The highest BCUT2D eigenvalue weighted by Gasteiger charge is 2.19. The van der Waals surface area contributed by atoms with Crippen molar-refractivity contribution in [1.82, 2.24) is 9.97 Å². The number of benzene rings is 1. The Morgan fingerprint density at radius 2 is 1.76 bits per heavy atom. The van der Waals surface area contributed by atoms with E-state index in [1.165, 1.54) is 13.3 Å². The molecule has 0 aliphatic heterocycles. The molecule has 0 atom stereocenters. The molecular weight excluding hydrogens is 374 g/mol. The third-order valence-corrected chi connectivity index (χ3v) is 4.30. The van der Waals surface area contributed by atoms with Crippen molar-refractivity contribution in [1.29, 1.82) is 0 Å². The zero-order valence-electron chi connectivity index (χ0n) is 17.0. The third kappa shape index (κ3) is 4.01. The first-order chi connectivity index (χ1) is 14.0. The molecule has 2 heterocycles. The quantitative estimate of drug-likeness (QED) is 0.601. The van der Waals surface area contributed by atoms with Crippen molar-refractivity contribution in [3.05, 3.63) is 41.7 Å². The van der Waals surface area contributed by atoms with Gasteiger partial charge in [0.25, 0.3) is 0 Å². The fraction of sp³-hybridized carbons (Fsp3) is 0.286. The van der Waals surface area contributed by atoms with Crippen LogP contribution in [0.15, 0.2) is 30.5 Å². The fourth-order valence-corrected chi connectivity index (χ4v) is 2.97. The van der Waals surface area contributed by atoms with Crippen molar-refractivity contribution in [2.24, 2.45) is 0 Å². The van der Waals surface area contributed by atoms with Gasteiger partial charge in [-0.1, -0.05) is 0 Å². The number of aromatic nitrogens is 2. The van der Waals surface area contributed by atoms with Gasteiger partial charge in [0, 0.05) is 35.1 Å². The van der Waals surface area contributed by atoms with E-state index in [0.717, 1.165) is 5.69 Å². The fourth-order valence-electron chi connectivity index (χ4n) is 2.97. The molecule has 0 radical (unpaired) electrons. The van der Waals surface area contributed by atoms with E-state index in [0.29, 0.717) is 45.2 Å². The Morgan fingerprint density at radius 1 is 1.07 bits per heavy atom. The van der Waals surface area contributed by atoms with Gasteiger partial charge in [0.1, 0.15) is 5.56 Å². The van der Waals surface area contributed by atoms with Crippen LogP contribution < -0.4 is 19.5 Å². The van der Waals surface area contributed by atoms with Crippen LogP contribution >= 0.6 is 0 Å². The van der Waals surface area contributed by atoms with Crippen LogP contribution in [0.25, 0.3) is 11.0 Å². The first-order valence-electron chi connectivity index (χ1n) is 9.02. The maximum absolute atomic E-state index is 12.5. The summed E-state index contributed by atoms with van der Waals surface area (Å²) < 4.78 is 21.4. The number of nitrogens with zero attached hydrogens (tertiary/aromatic N) is 2. The van der Waals surface area contributed by atoms with Crippen LogP contribution in [0, 0.1) is 6.92 Å². The number of carbonyl (C=O) groups excluding carboxylic acids is 1. The number of rotatable bonds is 7. The van der Waals surface area contributed by atoms with E-state index in [-0.39, 0.29) is 6.61 Å². The van der Waals surface area contributed by atoms with Gasteiger partial charge in [-0.05, 0) is 26.0 Å². The van der Waals surface area contributed by atoms with Gasteiger partial charge < -0.3 is 24.3 Å². The molecule has 0 saturated heterocycles. The summed E-state index contributed by atoms with van der Waals surface area (Å²) in [5.41, 5.74) is 2.83. The molecule has 152 valence electrons. The lowest BCUT2D eigenvalue weighted by atomic mass is 10.1. The topological polar surface area (TPSA) is 91.8 Å². The molecule has 8 nitrogen and oxygen atoms in total. The van der Waals surface area contributed by atoms with E-state index in [1.807, 2.05) is 19.1 Å². The SMILES string of the molecule is CCOC(=O)c1cnc2nc(C)ccc2c1Nc1cc(OC)c(OC)c(OC)c1.